The first-order chi connectivity index (χ1) is 6.24. The van der Waals surface area contributed by atoms with Crippen LogP contribution in [0.1, 0.15) is 22.5 Å². The number of carboxylic acids is 1. The van der Waals surface area contributed by atoms with E-state index in [9.17, 15) is 4.79 Å². The summed E-state index contributed by atoms with van der Waals surface area (Å²) in [5, 5.41) is 8.86. The molecule has 4 heteroatoms. The molecule has 0 aromatic carbocycles. The number of aromatic carboxylic acids is 1. The van der Waals surface area contributed by atoms with Crippen molar-refractivity contribution in [1.29, 1.82) is 0 Å². The highest BCUT2D eigenvalue weighted by atomic mass is 16.5. The van der Waals surface area contributed by atoms with Gasteiger partial charge in [0, 0.05) is 12.7 Å². The molecular formula is C9H11NO3. The molecule has 2 rings (SSSR count). The van der Waals surface area contributed by atoms with Crippen LogP contribution in [0.5, 0.6) is 5.75 Å². The van der Waals surface area contributed by atoms with Gasteiger partial charge in [0.05, 0.1) is 12.8 Å². The first-order valence-electron chi connectivity index (χ1n) is 4.23. The minimum Gasteiger partial charge on any atom is -0.494 e. The molecule has 1 aliphatic heterocycles. The largest absolute Gasteiger partial charge is 0.494 e. The second kappa shape index (κ2) is 2.80. The van der Waals surface area contributed by atoms with Gasteiger partial charge in [-0.1, -0.05) is 0 Å². The second-order valence-electron chi connectivity index (χ2n) is 3.12. The van der Waals surface area contributed by atoms with Crippen molar-refractivity contribution in [3.63, 3.8) is 0 Å². The molecule has 1 aromatic heterocycles. The Labute approximate surface area is 75.7 Å². The number of fused-ring (bicyclic) bond motifs is 1. The molecule has 70 valence electrons. The molecule has 0 saturated carbocycles. The van der Waals surface area contributed by atoms with Crippen molar-refractivity contribution in [2.24, 2.45) is 0 Å². The highest BCUT2D eigenvalue weighted by Crippen LogP contribution is 2.31. The van der Waals surface area contributed by atoms with Crippen LogP contribution in [0.25, 0.3) is 0 Å². The van der Waals surface area contributed by atoms with E-state index in [0.29, 0.717) is 5.75 Å². The van der Waals surface area contributed by atoms with Gasteiger partial charge in [-0.2, -0.15) is 0 Å². The van der Waals surface area contributed by atoms with Gasteiger partial charge < -0.3 is 14.4 Å². The molecule has 0 unspecified atom stereocenters. The van der Waals surface area contributed by atoms with E-state index in [2.05, 4.69) is 0 Å². The van der Waals surface area contributed by atoms with Crippen LogP contribution in [0.4, 0.5) is 0 Å². The lowest BCUT2D eigenvalue weighted by molar-refractivity contribution is 0.0693. The number of nitrogens with zero attached hydrogens (tertiary/aromatic N) is 1. The fourth-order valence-electron chi connectivity index (χ4n) is 1.83. The molecule has 1 N–H and O–H groups in total. The van der Waals surface area contributed by atoms with Crippen molar-refractivity contribution in [3.05, 3.63) is 17.5 Å². The monoisotopic (exact) mass is 181 g/mol. The number of carbonyl (C=O) groups is 1. The van der Waals surface area contributed by atoms with Crippen LogP contribution in [-0.4, -0.2) is 22.8 Å². The third kappa shape index (κ3) is 1.09. The molecule has 0 bridgehead atoms. The predicted octanol–water partition coefficient (Wildman–Crippen LogP) is 1.14. The van der Waals surface area contributed by atoms with E-state index in [0.717, 1.165) is 25.1 Å². The number of hydrogen-bond donors (Lipinski definition) is 1. The lowest BCUT2D eigenvalue weighted by Crippen LogP contribution is -1.98. The summed E-state index contributed by atoms with van der Waals surface area (Å²) in [7, 11) is 1.51. The zero-order valence-electron chi connectivity index (χ0n) is 7.41. The van der Waals surface area contributed by atoms with E-state index in [-0.39, 0.29) is 5.56 Å². The van der Waals surface area contributed by atoms with Gasteiger partial charge in [0.25, 0.3) is 0 Å². The van der Waals surface area contributed by atoms with Crippen LogP contribution in [0, 0.1) is 0 Å². The smallest absolute Gasteiger partial charge is 0.341 e. The molecule has 1 aliphatic rings. The van der Waals surface area contributed by atoms with Crippen molar-refractivity contribution in [2.75, 3.05) is 7.11 Å². The maximum Gasteiger partial charge on any atom is 0.341 e. The Kier molecular flexibility index (Phi) is 1.76. The minimum absolute atomic E-state index is 0.275. The van der Waals surface area contributed by atoms with Gasteiger partial charge in [-0.25, -0.2) is 4.79 Å². The number of carboxylic acid groups (broad SMARTS) is 1. The van der Waals surface area contributed by atoms with Crippen LogP contribution in [0.15, 0.2) is 6.20 Å². The van der Waals surface area contributed by atoms with Gasteiger partial charge in [0.1, 0.15) is 5.56 Å². The van der Waals surface area contributed by atoms with Gasteiger partial charge in [0.2, 0.25) is 0 Å². The molecule has 13 heavy (non-hydrogen) atoms. The average Bonchev–Trinajstić information content (AvgIpc) is 2.60. The molecule has 1 aromatic rings. The van der Waals surface area contributed by atoms with Crippen LogP contribution < -0.4 is 4.74 Å². The number of rotatable bonds is 2. The van der Waals surface area contributed by atoms with Gasteiger partial charge >= 0.3 is 5.97 Å². The van der Waals surface area contributed by atoms with Gasteiger partial charge in [0.15, 0.2) is 5.75 Å². The minimum atomic E-state index is -0.918. The Morgan fingerprint density at radius 2 is 2.46 bits per heavy atom. The van der Waals surface area contributed by atoms with Crippen LogP contribution in [-0.2, 0) is 13.0 Å². The van der Waals surface area contributed by atoms with Gasteiger partial charge in [-0.3, -0.25) is 0 Å². The molecule has 0 aliphatic carbocycles. The maximum atomic E-state index is 10.8. The molecule has 4 nitrogen and oxygen atoms in total. The molecule has 0 amide bonds. The van der Waals surface area contributed by atoms with Crippen molar-refractivity contribution in [1.82, 2.24) is 4.57 Å². The molecule has 0 atom stereocenters. The van der Waals surface area contributed by atoms with E-state index in [1.807, 2.05) is 4.57 Å². The fourth-order valence-corrected chi connectivity index (χ4v) is 1.83. The number of aryl methyl sites for hydroxylation is 1. The number of hydrogen-bond acceptors (Lipinski definition) is 2. The standard InChI is InChI=1S/C9H11NO3/c1-13-8-6(9(11)12)5-10-4-2-3-7(8)10/h5H,2-4H2,1H3,(H,11,12). The van der Waals surface area contributed by atoms with E-state index >= 15 is 0 Å². The summed E-state index contributed by atoms with van der Waals surface area (Å²) in [6.07, 6.45) is 3.64. The number of methoxy groups -OCH3 is 1. The topological polar surface area (TPSA) is 51.5 Å². The van der Waals surface area contributed by atoms with Crippen molar-refractivity contribution in [3.8, 4) is 5.75 Å². The zero-order valence-corrected chi connectivity index (χ0v) is 7.41. The Morgan fingerprint density at radius 1 is 1.69 bits per heavy atom. The summed E-state index contributed by atoms with van der Waals surface area (Å²) in [5.74, 6) is -0.385. The summed E-state index contributed by atoms with van der Waals surface area (Å²) in [6, 6.07) is 0. The summed E-state index contributed by atoms with van der Waals surface area (Å²) >= 11 is 0. The third-order valence-electron chi connectivity index (χ3n) is 2.39. The molecule has 0 fully saturated rings. The lowest BCUT2D eigenvalue weighted by Gasteiger charge is -2.00. The molecule has 2 heterocycles. The summed E-state index contributed by atoms with van der Waals surface area (Å²) < 4.78 is 7.05. The first-order valence-corrected chi connectivity index (χ1v) is 4.23. The third-order valence-corrected chi connectivity index (χ3v) is 2.39. The SMILES string of the molecule is COc1c(C(=O)O)cn2c1CCC2. The normalized spacial score (nSPS) is 14.2. The van der Waals surface area contributed by atoms with E-state index in [4.69, 9.17) is 9.84 Å². The predicted molar refractivity (Wildman–Crippen MR) is 46.3 cm³/mol. The van der Waals surface area contributed by atoms with E-state index in [1.165, 1.54) is 7.11 Å². The molecule has 0 spiro atoms. The highest BCUT2D eigenvalue weighted by Gasteiger charge is 2.23. The van der Waals surface area contributed by atoms with E-state index < -0.39 is 5.97 Å². The van der Waals surface area contributed by atoms with E-state index in [1.54, 1.807) is 6.20 Å². The summed E-state index contributed by atoms with van der Waals surface area (Å²) in [5.41, 5.74) is 1.29. The molecule has 0 saturated heterocycles. The van der Waals surface area contributed by atoms with Crippen molar-refractivity contribution < 1.29 is 14.6 Å². The van der Waals surface area contributed by atoms with Gasteiger partial charge in [-0.05, 0) is 12.8 Å². The fraction of sp³-hybridized carbons (Fsp3) is 0.444. The Balaban J connectivity index is 2.53. The highest BCUT2D eigenvalue weighted by molar-refractivity contribution is 5.91. The Morgan fingerprint density at radius 3 is 3.08 bits per heavy atom. The molecule has 0 radical (unpaired) electrons. The average molecular weight is 181 g/mol. The van der Waals surface area contributed by atoms with Crippen LogP contribution in [0.2, 0.25) is 0 Å². The summed E-state index contributed by atoms with van der Waals surface area (Å²) in [6.45, 7) is 0.902. The number of ether oxygens (including phenoxy) is 1. The maximum absolute atomic E-state index is 10.8. The molecular weight excluding hydrogens is 170 g/mol. The Bertz CT molecular complexity index is 354. The Hall–Kier alpha value is -1.45. The second-order valence-corrected chi connectivity index (χ2v) is 3.12. The van der Waals surface area contributed by atoms with Crippen LogP contribution >= 0.6 is 0 Å². The first kappa shape index (κ1) is 8.16. The van der Waals surface area contributed by atoms with Crippen LogP contribution in [0.3, 0.4) is 0 Å². The lowest BCUT2D eigenvalue weighted by atomic mass is 10.2. The van der Waals surface area contributed by atoms with Crippen molar-refractivity contribution >= 4 is 5.97 Å². The van der Waals surface area contributed by atoms with Gasteiger partial charge in [-0.15, -0.1) is 0 Å². The zero-order chi connectivity index (χ0) is 9.42. The quantitative estimate of drug-likeness (QED) is 0.744. The summed E-state index contributed by atoms with van der Waals surface area (Å²) in [4.78, 5) is 10.8. The van der Waals surface area contributed by atoms with Crippen molar-refractivity contribution in [2.45, 2.75) is 19.4 Å². The number of aromatic nitrogens is 1.